The molecule has 1 aromatic heterocycles. The molecule has 3 aliphatic heterocycles. The van der Waals surface area contributed by atoms with Crippen molar-refractivity contribution in [1.82, 2.24) is 9.88 Å². The largest absolute Gasteiger partial charge is 0.367 e. The summed E-state index contributed by atoms with van der Waals surface area (Å²) >= 11 is 12.4. The SMILES string of the molecule is O=C1CN2CC[C@@H]1C/C2=C\c1ccnc2c(Cl)cc(Cl)cc12. The van der Waals surface area contributed by atoms with E-state index in [1.165, 1.54) is 5.70 Å². The van der Waals surface area contributed by atoms with Crippen molar-refractivity contribution in [2.75, 3.05) is 13.1 Å². The van der Waals surface area contributed by atoms with Crippen LogP contribution in [0.5, 0.6) is 0 Å². The quantitative estimate of drug-likeness (QED) is 0.785. The van der Waals surface area contributed by atoms with E-state index in [0.29, 0.717) is 22.4 Å². The number of pyridine rings is 1. The Morgan fingerprint density at radius 3 is 2.91 bits per heavy atom. The molecular formula is C17H14Cl2N2O. The molecule has 5 rings (SSSR count). The van der Waals surface area contributed by atoms with Gasteiger partial charge in [-0.3, -0.25) is 9.78 Å². The van der Waals surface area contributed by atoms with Crippen LogP contribution in [-0.2, 0) is 4.79 Å². The van der Waals surface area contributed by atoms with E-state index in [1.807, 2.05) is 12.1 Å². The molecule has 0 radical (unpaired) electrons. The van der Waals surface area contributed by atoms with Crippen molar-refractivity contribution in [3.05, 3.63) is 45.7 Å². The molecule has 3 fully saturated rings. The van der Waals surface area contributed by atoms with Gasteiger partial charge >= 0.3 is 0 Å². The van der Waals surface area contributed by atoms with E-state index in [4.69, 9.17) is 23.2 Å². The van der Waals surface area contributed by atoms with Crippen LogP contribution in [0.3, 0.4) is 0 Å². The number of allylic oxidation sites excluding steroid dienone is 1. The summed E-state index contributed by atoms with van der Waals surface area (Å²) in [7, 11) is 0. The summed E-state index contributed by atoms with van der Waals surface area (Å²) in [5, 5.41) is 2.11. The van der Waals surface area contributed by atoms with Crippen molar-refractivity contribution in [1.29, 1.82) is 0 Å². The van der Waals surface area contributed by atoms with Crippen LogP contribution < -0.4 is 0 Å². The van der Waals surface area contributed by atoms with Gasteiger partial charge in [-0.1, -0.05) is 23.2 Å². The lowest BCUT2D eigenvalue weighted by Crippen LogP contribution is -2.46. The first-order valence-corrected chi connectivity index (χ1v) is 8.09. The molecule has 3 aliphatic rings. The number of Topliss-reactive ketones (excluding diaryl/α,β-unsaturated/α-hetero) is 1. The second-order valence-electron chi connectivity index (χ2n) is 5.90. The molecule has 2 bridgehead atoms. The lowest BCUT2D eigenvalue weighted by atomic mass is 9.84. The predicted molar refractivity (Wildman–Crippen MR) is 89.0 cm³/mol. The molecular weight excluding hydrogens is 319 g/mol. The van der Waals surface area contributed by atoms with Gasteiger partial charge in [0.25, 0.3) is 0 Å². The molecule has 1 atom stereocenters. The van der Waals surface area contributed by atoms with E-state index in [-0.39, 0.29) is 5.92 Å². The summed E-state index contributed by atoms with van der Waals surface area (Å²) in [6.45, 7) is 1.51. The summed E-state index contributed by atoms with van der Waals surface area (Å²) in [5.41, 5.74) is 3.02. The number of hydrogen-bond donors (Lipinski definition) is 0. The van der Waals surface area contributed by atoms with E-state index >= 15 is 0 Å². The number of ketones is 1. The standard InChI is InChI=1S/C17H14Cl2N2O/c18-12-7-14-10(1-3-20-17(14)15(19)8-12)5-13-6-11-2-4-21(13)9-16(11)22/h1,3,5,7-8,11H,2,4,6,9H2/b13-5+/t11-/m1/s1. The molecule has 0 amide bonds. The van der Waals surface area contributed by atoms with Crippen LogP contribution in [0.2, 0.25) is 10.0 Å². The maximum atomic E-state index is 11.8. The first-order chi connectivity index (χ1) is 10.6. The molecule has 3 saturated heterocycles. The number of nitrogens with zero attached hydrogens (tertiary/aromatic N) is 2. The Labute approximate surface area is 138 Å². The van der Waals surface area contributed by atoms with Gasteiger partial charge in [0.05, 0.1) is 17.1 Å². The Morgan fingerprint density at radius 2 is 2.18 bits per heavy atom. The van der Waals surface area contributed by atoms with Crippen LogP contribution in [0.4, 0.5) is 0 Å². The van der Waals surface area contributed by atoms with Crippen LogP contribution in [0.25, 0.3) is 17.0 Å². The molecule has 2 aromatic rings. The van der Waals surface area contributed by atoms with Crippen molar-refractivity contribution in [2.45, 2.75) is 12.8 Å². The molecule has 3 nitrogen and oxygen atoms in total. The van der Waals surface area contributed by atoms with Crippen molar-refractivity contribution in [2.24, 2.45) is 5.92 Å². The molecule has 0 unspecified atom stereocenters. The molecule has 0 aliphatic carbocycles. The lowest BCUT2D eigenvalue weighted by Gasteiger charge is -2.41. The van der Waals surface area contributed by atoms with Gasteiger partial charge < -0.3 is 4.90 Å². The second kappa shape index (κ2) is 5.25. The second-order valence-corrected chi connectivity index (χ2v) is 6.74. The van der Waals surface area contributed by atoms with Crippen molar-refractivity contribution >= 4 is 46.0 Å². The number of carbonyl (C=O) groups excluding carboxylic acids is 1. The average molecular weight is 333 g/mol. The number of carbonyl (C=O) groups is 1. The number of fused-ring (bicyclic) bond motifs is 4. The van der Waals surface area contributed by atoms with E-state index in [1.54, 1.807) is 12.3 Å². The van der Waals surface area contributed by atoms with Crippen LogP contribution in [0, 0.1) is 5.92 Å². The summed E-state index contributed by atoms with van der Waals surface area (Å²) < 4.78 is 0. The third kappa shape index (κ3) is 2.29. The Kier molecular flexibility index (Phi) is 3.35. The highest BCUT2D eigenvalue weighted by Gasteiger charge is 2.35. The highest BCUT2D eigenvalue weighted by molar-refractivity contribution is 6.38. The van der Waals surface area contributed by atoms with Crippen LogP contribution in [-0.4, -0.2) is 28.8 Å². The molecule has 0 spiro atoms. The first-order valence-electron chi connectivity index (χ1n) is 7.34. The normalized spacial score (nSPS) is 22.8. The summed E-state index contributed by atoms with van der Waals surface area (Å²) in [4.78, 5) is 18.4. The number of piperidine rings is 3. The number of benzene rings is 1. The van der Waals surface area contributed by atoms with Crippen molar-refractivity contribution < 1.29 is 4.79 Å². The predicted octanol–water partition coefficient (Wildman–Crippen LogP) is 4.18. The maximum absolute atomic E-state index is 11.8. The maximum Gasteiger partial charge on any atom is 0.155 e. The lowest BCUT2D eigenvalue weighted by molar-refractivity contribution is -0.128. The Morgan fingerprint density at radius 1 is 1.32 bits per heavy atom. The zero-order valence-corrected chi connectivity index (χ0v) is 13.4. The minimum Gasteiger partial charge on any atom is -0.367 e. The Balaban J connectivity index is 1.82. The minimum atomic E-state index is 0.191. The van der Waals surface area contributed by atoms with Gasteiger partial charge in [-0.15, -0.1) is 0 Å². The molecule has 1 aromatic carbocycles. The molecule has 0 saturated carbocycles. The van der Waals surface area contributed by atoms with Gasteiger partial charge in [0.1, 0.15) is 0 Å². The van der Waals surface area contributed by atoms with Crippen molar-refractivity contribution in [3.8, 4) is 0 Å². The fourth-order valence-electron chi connectivity index (χ4n) is 3.37. The fourth-order valence-corrected chi connectivity index (χ4v) is 3.91. The third-order valence-electron chi connectivity index (χ3n) is 4.53. The number of rotatable bonds is 1. The third-order valence-corrected chi connectivity index (χ3v) is 5.04. The minimum absolute atomic E-state index is 0.191. The van der Waals surface area contributed by atoms with E-state index in [0.717, 1.165) is 35.9 Å². The number of hydrogen-bond acceptors (Lipinski definition) is 3. The fraction of sp³-hybridized carbons (Fsp3) is 0.294. The highest BCUT2D eigenvalue weighted by Crippen LogP contribution is 2.35. The van der Waals surface area contributed by atoms with E-state index < -0.39 is 0 Å². The number of aromatic nitrogens is 1. The van der Waals surface area contributed by atoms with Crippen LogP contribution >= 0.6 is 23.2 Å². The van der Waals surface area contributed by atoms with E-state index in [2.05, 4.69) is 16.0 Å². The van der Waals surface area contributed by atoms with Gasteiger partial charge in [-0.05, 0) is 42.7 Å². The zero-order chi connectivity index (χ0) is 15.3. The van der Waals surface area contributed by atoms with Gasteiger partial charge in [0.2, 0.25) is 0 Å². The average Bonchev–Trinajstić information content (AvgIpc) is 2.49. The molecule has 4 heterocycles. The van der Waals surface area contributed by atoms with Crippen LogP contribution in [0.1, 0.15) is 18.4 Å². The van der Waals surface area contributed by atoms with Crippen LogP contribution in [0.15, 0.2) is 30.1 Å². The topological polar surface area (TPSA) is 33.2 Å². The molecule has 112 valence electrons. The molecule has 0 N–H and O–H groups in total. The summed E-state index contributed by atoms with van der Waals surface area (Å²) in [6.07, 6.45) is 5.72. The Bertz CT molecular complexity index is 816. The first kappa shape index (κ1) is 14.0. The van der Waals surface area contributed by atoms with Gasteiger partial charge in [0.15, 0.2) is 5.78 Å². The van der Waals surface area contributed by atoms with Gasteiger partial charge in [-0.2, -0.15) is 0 Å². The smallest absolute Gasteiger partial charge is 0.155 e. The summed E-state index contributed by atoms with van der Waals surface area (Å²) in [6, 6.07) is 5.57. The highest BCUT2D eigenvalue weighted by atomic mass is 35.5. The number of halogens is 2. The van der Waals surface area contributed by atoms with Gasteiger partial charge in [-0.25, -0.2) is 0 Å². The monoisotopic (exact) mass is 332 g/mol. The Hall–Kier alpha value is -1.58. The molecule has 22 heavy (non-hydrogen) atoms. The zero-order valence-electron chi connectivity index (χ0n) is 11.9. The summed E-state index contributed by atoms with van der Waals surface area (Å²) in [5.74, 6) is 0.561. The van der Waals surface area contributed by atoms with Crippen molar-refractivity contribution in [3.63, 3.8) is 0 Å². The van der Waals surface area contributed by atoms with E-state index in [9.17, 15) is 4.79 Å². The van der Waals surface area contributed by atoms with Gasteiger partial charge in [0, 0.05) is 34.8 Å². The molecule has 5 heteroatoms.